The average molecular weight is 330 g/mol. The van der Waals surface area contributed by atoms with E-state index in [9.17, 15) is 28.8 Å². The standard InChI is InChI=1S/C13H14N2O8/c16-8-4-5-9(17)14(8)22-12(20)2-1-3-13(21)23-15-10(18)6-7-11(15)19/h1-7H2/i2D2,3D2. The molecule has 0 N–H and O–H groups in total. The Labute approximate surface area is 135 Å². The highest BCUT2D eigenvalue weighted by Crippen LogP contribution is 2.15. The van der Waals surface area contributed by atoms with E-state index in [1.807, 2.05) is 0 Å². The lowest BCUT2D eigenvalue weighted by Gasteiger charge is -2.13. The molecule has 2 aliphatic heterocycles. The monoisotopic (exact) mass is 330 g/mol. The minimum atomic E-state index is -3.13. The Hall–Kier alpha value is -2.78. The van der Waals surface area contributed by atoms with Crippen molar-refractivity contribution in [1.29, 1.82) is 0 Å². The number of carbonyl (C=O) groups is 6. The van der Waals surface area contributed by atoms with Gasteiger partial charge in [-0.3, -0.25) is 19.2 Å². The van der Waals surface area contributed by atoms with Crippen LogP contribution >= 0.6 is 0 Å². The number of carbonyl (C=O) groups excluding carboxylic acids is 6. The van der Waals surface area contributed by atoms with Crippen molar-refractivity contribution in [3.05, 3.63) is 0 Å². The number of hydrogen-bond donors (Lipinski definition) is 0. The summed E-state index contributed by atoms with van der Waals surface area (Å²) < 4.78 is 30.4. The third-order valence-corrected chi connectivity index (χ3v) is 2.83. The van der Waals surface area contributed by atoms with Gasteiger partial charge in [0.25, 0.3) is 23.6 Å². The first-order chi connectivity index (χ1) is 12.3. The smallest absolute Gasteiger partial charge is 0.330 e. The predicted octanol–water partition coefficient (Wildman–Crippen LogP) is -0.629. The summed E-state index contributed by atoms with van der Waals surface area (Å²) in [6.07, 6.45) is -8.57. The summed E-state index contributed by atoms with van der Waals surface area (Å²) in [5, 5.41) is 0.158. The van der Waals surface area contributed by atoms with Crippen LogP contribution in [0.3, 0.4) is 0 Å². The summed E-state index contributed by atoms with van der Waals surface area (Å²) in [4.78, 5) is 78.0. The number of imide groups is 2. The van der Waals surface area contributed by atoms with Crippen LogP contribution < -0.4 is 0 Å². The minimum Gasteiger partial charge on any atom is -0.330 e. The van der Waals surface area contributed by atoms with E-state index in [-0.39, 0.29) is 35.8 Å². The SMILES string of the molecule is [2H]C([2H])(CC([2H])([2H])C(=O)ON1C(=O)CCC1=O)C(=O)ON1C(=O)CCC1=O. The molecule has 0 bridgehead atoms. The highest BCUT2D eigenvalue weighted by molar-refractivity contribution is 6.02. The Morgan fingerprint density at radius 1 is 0.783 bits per heavy atom. The lowest BCUT2D eigenvalue weighted by molar-refractivity contribution is -0.199. The van der Waals surface area contributed by atoms with Crippen LogP contribution in [0.5, 0.6) is 0 Å². The lowest BCUT2D eigenvalue weighted by Crippen LogP contribution is -2.32. The van der Waals surface area contributed by atoms with Crippen LogP contribution in [-0.4, -0.2) is 45.7 Å². The molecule has 0 atom stereocenters. The van der Waals surface area contributed by atoms with Crippen molar-refractivity contribution in [1.82, 2.24) is 10.1 Å². The zero-order valence-electron chi connectivity index (χ0n) is 15.7. The molecule has 0 aromatic carbocycles. The van der Waals surface area contributed by atoms with Crippen LogP contribution in [0, 0.1) is 0 Å². The molecule has 2 saturated heterocycles. The molecule has 23 heavy (non-hydrogen) atoms. The van der Waals surface area contributed by atoms with Crippen LogP contribution in [0.2, 0.25) is 0 Å². The Morgan fingerprint density at radius 2 is 1.09 bits per heavy atom. The van der Waals surface area contributed by atoms with E-state index >= 15 is 0 Å². The maximum absolute atomic E-state index is 11.9. The maximum atomic E-state index is 11.9. The van der Waals surface area contributed by atoms with Crippen molar-refractivity contribution < 1.29 is 43.9 Å². The van der Waals surface area contributed by atoms with Gasteiger partial charge in [0.2, 0.25) is 0 Å². The van der Waals surface area contributed by atoms with Gasteiger partial charge in [0.05, 0.1) is 0 Å². The van der Waals surface area contributed by atoms with E-state index in [4.69, 9.17) is 5.48 Å². The Balaban J connectivity index is 2.03. The molecule has 4 amide bonds. The van der Waals surface area contributed by atoms with E-state index in [0.717, 1.165) is 0 Å². The summed E-state index contributed by atoms with van der Waals surface area (Å²) in [7, 11) is 0. The van der Waals surface area contributed by atoms with Crippen molar-refractivity contribution in [3.63, 3.8) is 0 Å². The van der Waals surface area contributed by atoms with Gasteiger partial charge in [-0.25, -0.2) is 9.59 Å². The summed E-state index contributed by atoms with van der Waals surface area (Å²) >= 11 is 0. The van der Waals surface area contributed by atoms with Crippen molar-refractivity contribution in [2.24, 2.45) is 0 Å². The van der Waals surface area contributed by atoms with Gasteiger partial charge < -0.3 is 9.68 Å². The quantitative estimate of drug-likeness (QED) is 0.589. The van der Waals surface area contributed by atoms with E-state index in [1.165, 1.54) is 0 Å². The second-order valence-corrected chi connectivity index (χ2v) is 4.45. The third kappa shape index (κ3) is 4.11. The van der Waals surface area contributed by atoms with Crippen molar-refractivity contribution in [2.75, 3.05) is 0 Å². The lowest BCUT2D eigenvalue weighted by atomic mass is 10.2. The fraction of sp³-hybridized carbons (Fsp3) is 0.538. The predicted molar refractivity (Wildman–Crippen MR) is 68.2 cm³/mol. The molecule has 10 heteroatoms. The molecule has 0 spiro atoms. The summed E-state index contributed by atoms with van der Waals surface area (Å²) in [5.41, 5.74) is 0. The number of nitrogens with zero attached hydrogens (tertiary/aromatic N) is 2. The molecular weight excluding hydrogens is 312 g/mol. The van der Waals surface area contributed by atoms with Crippen molar-refractivity contribution in [3.8, 4) is 0 Å². The molecule has 0 aliphatic carbocycles. The topological polar surface area (TPSA) is 127 Å². The van der Waals surface area contributed by atoms with Gasteiger partial charge in [-0.05, 0) is 6.42 Å². The first kappa shape index (κ1) is 11.7. The molecule has 2 rings (SSSR count). The highest BCUT2D eigenvalue weighted by atomic mass is 16.7. The Kier molecular flexibility index (Phi) is 3.57. The van der Waals surface area contributed by atoms with Gasteiger partial charge in [0.15, 0.2) is 0 Å². The normalized spacial score (nSPS) is 21.7. The fourth-order valence-corrected chi connectivity index (χ4v) is 1.73. The Morgan fingerprint density at radius 3 is 1.39 bits per heavy atom. The molecule has 2 fully saturated rings. The van der Waals surface area contributed by atoms with Gasteiger partial charge in [0.1, 0.15) is 0 Å². The van der Waals surface area contributed by atoms with E-state index < -0.39 is 54.7 Å². The molecule has 0 unspecified atom stereocenters. The van der Waals surface area contributed by atoms with E-state index in [2.05, 4.69) is 9.68 Å². The number of rotatable bonds is 6. The largest absolute Gasteiger partial charge is 0.333 e. The number of amides is 4. The number of hydrogen-bond acceptors (Lipinski definition) is 8. The van der Waals surface area contributed by atoms with E-state index in [1.54, 1.807) is 0 Å². The van der Waals surface area contributed by atoms with Crippen molar-refractivity contribution in [2.45, 2.75) is 44.8 Å². The van der Waals surface area contributed by atoms with Crippen LogP contribution in [-0.2, 0) is 38.4 Å². The van der Waals surface area contributed by atoms with Gasteiger partial charge in [-0.2, -0.15) is 0 Å². The minimum absolute atomic E-state index is 0.0790. The molecule has 0 radical (unpaired) electrons. The second-order valence-electron chi connectivity index (χ2n) is 4.45. The average Bonchev–Trinajstić information content (AvgIpc) is 3.03. The van der Waals surface area contributed by atoms with Gasteiger partial charge in [0, 0.05) is 43.9 Å². The summed E-state index contributed by atoms with van der Waals surface area (Å²) in [5.74, 6) is -6.99. The summed E-state index contributed by atoms with van der Waals surface area (Å²) in [6.45, 7) is 0. The zero-order valence-corrected chi connectivity index (χ0v) is 11.7. The first-order valence-corrected chi connectivity index (χ1v) is 6.51. The van der Waals surface area contributed by atoms with E-state index in [0.29, 0.717) is 0 Å². The Bertz CT molecular complexity index is 646. The van der Waals surface area contributed by atoms with Crippen LogP contribution in [0.4, 0.5) is 0 Å². The maximum Gasteiger partial charge on any atom is 0.333 e. The highest BCUT2D eigenvalue weighted by Gasteiger charge is 2.34. The molecule has 0 aromatic rings. The van der Waals surface area contributed by atoms with Gasteiger partial charge >= 0.3 is 11.9 Å². The first-order valence-electron chi connectivity index (χ1n) is 8.51. The third-order valence-electron chi connectivity index (χ3n) is 2.83. The van der Waals surface area contributed by atoms with Crippen LogP contribution in [0.25, 0.3) is 0 Å². The van der Waals surface area contributed by atoms with Crippen molar-refractivity contribution >= 4 is 35.6 Å². The fourth-order valence-electron chi connectivity index (χ4n) is 1.73. The van der Waals surface area contributed by atoms with Crippen LogP contribution in [0.15, 0.2) is 0 Å². The number of hydroxylamine groups is 4. The van der Waals surface area contributed by atoms with Gasteiger partial charge in [-0.15, -0.1) is 10.1 Å². The second kappa shape index (κ2) is 6.99. The molecular formula is C13H14N2O8. The molecule has 0 aromatic heterocycles. The summed E-state index contributed by atoms with van der Waals surface area (Å²) in [6, 6.07) is 0. The molecule has 2 heterocycles. The zero-order chi connectivity index (χ0) is 20.6. The van der Waals surface area contributed by atoms with Crippen LogP contribution in [0.1, 0.15) is 50.3 Å². The molecule has 124 valence electrons. The van der Waals surface area contributed by atoms with Gasteiger partial charge in [-0.1, -0.05) is 0 Å². The molecule has 2 aliphatic rings. The molecule has 10 nitrogen and oxygen atoms in total. The molecule has 0 saturated carbocycles.